The van der Waals surface area contributed by atoms with Gasteiger partial charge in [0.2, 0.25) is 5.91 Å². The number of carboxylic acids is 1. The van der Waals surface area contributed by atoms with Gasteiger partial charge in [-0.05, 0) is 31.3 Å². The SMILES string of the molecule is CN1CCN(C2CC(=O)N(c3ccc(C(=O)O)cc3)C2=O)CC1. The molecule has 2 fully saturated rings. The predicted octanol–water partition coefficient (Wildman–Crippen LogP) is 0.264. The Kier molecular flexibility index (Phi) is 4.14. The Labute approximate surface area is 134 Å². The van der Waals surface area contributed by atoms with Crippen molar-refractivity contribution in [2.45, 2.75) is 12.5 Å². The number of anilines is 1. The lowest BCUT2D eigenvalue weighted by Crippen LogP contribution is -2.51. The molecule has 2 aliphatic heterocycles. The van der Waals surface area contributed by atoms with Gasteiger partial charge in [0.25, 0.3) is 5.91 Å². The monoisotopic (exact) mass is 317 g/mol. The van der Waals surface area contributed by atoms with Gasteiger partial charge in [-0.1, -0.05) is 0 Å². The average molecular weight is 317 g/mol. The Hall–Kier alpha value is -2.25. The molecule has 1 atom stereocenters. The van der Waals surface area contributed by atoms with Gasteiger partial charge < -0.3 is 10.0 Å². The maximum absolute atomic E-state index is 12.6. The highest BCUT2D eigenvalue weighted by Crippen LogP contribution is 2.26. The number of rotatable bonds is 3. The molecule has 2 saturated heterocycles. The molecular weight excluding hydrogens is 298 g/mol. The Morgan fingerprint density at radius 3 is 2.26 bits per heavy atom. The molecule has 0 aromatic heterocycles. The first-order chi connectivity index (χ1) is 11.0. The molecule has 2 amide bonds. The summed E-state index contributed by atoms with van der Waals surface area (Å²) in [4.78, 5) is 41.2. The van der Waals surface area contributed by atoms with E-state index < -0.39 is 12.0 Å². The van der Waals surface area contributed by atoms with Gasteiger partial charge in [0.15, 0.2) is 0 Å². The quantitative estimate of drug-likeness (QED) is 0.806. The molecule has 0 saturated carbocycles. The smallest absolute Gasteiger partial charge is 0.335 e. The summed E-state index contributed by atoms with van der Waals surface area (Å²) in [6, 6.07) is 5.41. The zero-order valence-electron chi connectivity index (χ0n) is 12.9. The van der Waals surface area contributed by atoms with E-state index in [0.29, 0.717) is 5.69 Å². The number of aromatic carboxylic acids is 1. The van der Waals surface area contributed by atoms with E-state index in [9.17, 15) is 14.4 Å². The fourth-order valence-electron chi connectivity index (χ4n) is 3.06. The van der Waals surface area contributed by atoms with Gasteiger partial charge in [-0.15, -0.1) is 0 Å². The van der Waals surface area contributed by atoms with Crippen LogP contribution in [0.1, 0.15) is 16.8 Å². The van der Waals surface area contributed by atoms with Gasteiger partial charge in [0.05, 0.1) is 23.7 Å². The molecule has 0 aliphatic carbocycles. The summed E-state index contributed by atoms with van der Waals surface area (Å²) in [5, 5.41) is 8.92. The molecule has 0 spiro atoms. The van der Waals surface area contributed by atoms with Crippen molar-refractivity contribution < 1.29 is 19.5 Å². The number of nitrogens with zero attached hydrogens (tertiary/aromatic N) is 3. The third kappa shape index (κ3) is 2.97. The second-order valence-electron chi connectivity index (χ2n) is 5.98. The molecule has 1 aromatic carbocycles. The van der Waals surface area contributed by atoms with Gasteiger partial charge in [0.1, 0.15) is 0 Å². The Bertz CT molecular complexity index is 635. The van der Waals surface area contributed by atoms with Crippen LogP contribution in [-0.4, -0.2) is 72.0 Å². The summed E-state index contributed by atoms with van der Waals surface area (Å²) < 4.78 is 0. The minimum atomic E-state index is -1.04. The van der Waals surface area contributed by atoms with Crippen molar-refractivity contribution >= 4 is 23.5 Å². The van der Waals surface area contributed by atoms with E-state index in [0.717, 1.165) is 26.2 Å². The summed E-state index contributed by atoms with van der Waals surface area (Å²) in [6.45, 7) is 3.30. The standard InChI is InChI=1S/C16H19N3O4/c1-17-6-8-18(9-7-17)13-10-14(20)19(15(13)21)12-4-2-11(3-5-12)16(22)23/h2-5,13H,6-10H2,1H3,(H,22,23). The second-order valence-corrected chi connectivity index (χ2v) is 5.98. The van der Waals surface area contributed by atoms with Crippen LogP contribution in [0.2, 0.25) is 0 Å². The number of carbonyl (C=O) groups excluding carboxylic acids is 2. The Morgan fingerprint density at radius 2 is 1.70 bits per heavy atom. The summed E-state index contributed by atoms with van der Waals surface area (Å²) in [6.07, 6.45) is 0.184. The highest BCUT2D eigenvalue weighted by atomic mass is 16.4. The molecule has 0 bridgehead atoms. The van der Waals surface area contributed by atoms with E-state index in [1.165, 1.54) is 29.2 Å². The van der Waals surface area contributed by atoms with Gasteiger partial charge >= 0.3 is 5.97 Å². The van der Waals surface area contributed by atoms with Crippen LogP contribution >= 0.6 is 0 Å². The number of likely N-dealkylation sites (N-methyl/N-ethyl adjacent to an activating group) is 1. The van der Waals surface area contributed by atoms with Crippen LogP contribution in [0.15, 0.2) is 24.3 Å². The molecule has 7 heteroatoms. The molecule has 0 radical (unpaired) electrons. The zero-order chi connectivity index (χ0) is 16.6. The molecule has 1 N–H and O–H groups in total. The van der Waals surface area contributed by atoms with Crippen molar-refractivity contribution in [3.8, 4) is 0 Å². The number of amides is 2. The fourth-order valence-corrected chi connectivity index (χ4v) is 3.06. The first-order valence-electron chi connectivity index (χ1n) is 7.60. The lowest BCUT2D eigenvalue weighted by Gasteiger charge is -2.35. The number of hydrogen-bond donors (Lipinski definition) is 1. The van der Waals surface area contributed by atoms with Gasteiger partial charge in [-0.25, -0.2) is 9.69 Å². The van der Waals surface area contributed by atoms with Crippen molar-refractivity contribution in [1.29, 1.82) is 0 Å². The second kappa shape index (κ2) is 6.10. The molecule has 2 aliphatic rings. The molecule has 2 heterocycles. The van der Waals surface area contributed by atoms with Crippen LogP contribution in [0, 0.1) is 0 Å². The topological polar surface area (TPSA) is 81.2 Å². The molecule has 7 nitrogen and oxygen atoms in total. The van der Waals surface area contributed by atoms with E-state index in [4.69, 9.17) is 5.11 Å². The van der Waals surface area contributed by atoms with Crippen LogP contribution in [0.25, 0.3) is 0 Å². The van der Waals surface area contributed by atoms with Crippen LogP contribution in [-0.2, 0) is 9.59 Å². The maximum atomic E-state index is 12.6. The van der Waals surface area contributed by atoms with Crippen LogP contribution in [0.5, 0.6) is 0 Å². The van der Waals surface area contributed by atoms with Crippen molar-refractivity contribution in [3.63, 3.8) is 0 Å². The lowest BCUT2D eigenvalue weighted by atomic mass is 10.2. The summed E-state index contributed by atoms with van der Waals surface area (Å²) in [5.41, 5.74) is 0.560. The van der Waals surface area contributed by atoms with E-state index in [1.807, 2.05) is 7.05 Å². The minimum absolute atomic E-state index is 0.128. The molecule has 1 aromatic rings. The summed E-state index contributed by atoms with van der Waals surface area (Å²) >= 11 is 0. The number of carbonyl (C=O) groups is 3. The number of benzene rings is 1. The van der Waals surface area contributed by atoms with Crippen molar-refractivity contribution in [3.05, 3.63) is 29.8 Å². The number of hydrogen-bond acceptors (Lipinski definition) is 5. The zero-order valence-corrected chi connectivity index (χ0v) is 12.9. The minimum Gasteiger partial charge on any atom is -0.478 e. The maximum Gasteiger partial charge on any atom is 0.335 e. The number of imide groups is 1. The van der Waals surface area contributed by atoms with E-state index in [2.05, 4.69) is 9.80 Å². The summed E-state index contributed by atoms with van der Waals surface area (Å²) in [5.74, 6) is -1.49. The fraction of sp³-hybridized carbons (Fsp3) is 0.438. The predicted molar refractivity (Wildman–Crippen MR) is 83.4 cm³/mol. The molecular formula is C16H19N3O4. The van der Waals surface area contributed by atoms with Crippen LogP contribution in [0.4, 0.5) is 5.69 Å². The van der Waals surface area contributed by atoms with Crippen LogP contribution < -0.4 is 4.90 Å². The Morgan fingerprint density at radius 1 is 1.09 bits per heavy atom. The van der Waals surface area contributed by atoms with Crippen molar-refractivity contribution in [2.75, 3.05) is 38.1 Å². The normalized spacial score (nSPS) is 23.5. The van der Waals surface area contributed by atoms with E-state index in [-0.39, 0.29) is 23.8 Å². The first kappa shape index (κ1) is 15.6. The van der Waals surface area contributed by atoms with Crippen LogP contribution in [0.3, 0.4) is 0 Å². The van der Waals surface area contributed by atoms with Crippen molar-refractivity contribution in [1.82, 2.24) is 9.80 Å². The average Bonchev–Trinajstić information content (AvgIpc) is 2.83. The number of piperazine rings is 1. The van der Waals surface area contributed by atoms with Gasteiger partial charge in [-0.3, -0.25) is 14.5 Å². The third-order valence-electron chi connectivity index (χ3n) is 4.47. The summed E-state index contributed by atoms with van der Waals surface area (Å²) in [7, 11) is 2.04. The van der Waals surface area contributed by atoms with Crippen molar-refractivity contribution in [2.24, 2.45) is 0 Å². The molecule has 23 heavy (non-hydrogen) atoms. The van der Waals surface area contributed by atoms with E-state index in [1.54, 1.807) is 0 Å². The van der Waals surface area contributed by atoms with Gasteiger partial charge in [0, 0.05) is 26.2 Å². The van der Waals surface area contributed by atoms with Gasteiger partial charge in [-0.2, -0.15) is 0 Å². The highest BCUT2D eigenvalue weighted by molar-refractivity contribution is 6.22. The largest absolute Gasteiger partial charge is 0.478 e. The highest BCUT2D eigenvalue weighted by Gasteiger charge is 2.43. The first-order valence-corrected chi connectivity index (χ1v) is 7.60. The number of carboxylic acid groups (broad SMARTS) is 1. The third-order valence-corrected chi connectivity index (χ3v) is 4.47. The molecule has 1 unspecified atom stereocenters. The molecule has 3 rings (SSSR count). The van der Waals surface area contributed by atoms with E-state index >= 15 is 0 Å². The molecule has 122 valence electrons. The Balaban J connectivity index is 1.77. The lowest BCUT2D eigenvalue weighted by molar-refractivity contribution is -0.123.